The van der Waals surface area contributed by atoms with Crippen LogP contribution >= 0.6 is 0 Å². The molecule has 0 rings (SSSR count). The Morgan fingerprint density at radius 2 is 1.10 bits per heavy atom. The van der Waals surface area contributed by atoms with E-state index in [2.05, 4.69) is 139 Å². The van der Waals surface area contributed by atoms with Crippen LogP contribution in [-0.2, 0) is 27.6 Å². The van der Waals surface area contributed by atoms with E-state index in [1.54, 1.807) is 6.08 Å². The van der Waals surface area contributed by atoms with E-state index in [4.69, 9.17) is 13.3 Å². The van der Waals surface area contributed by atoms with Gasteiger partial charge in [0.05, 0.1) is 24.9 Å². The van der Waals surface area contributed by atoms with Gasteiger partial charge in [-0.3, -0.25) is 4.18 Å². The van der Waals surface area contributed by atoms with Crippen molar-refractivity contribution in [2.45, 2.75) is 181 Å². The Hall–Kier alpha value is -0.329. The van der Waals surface area contributed by atoms with E-state index in [-0.39, 0.29) is 63.7 Å². The SMILES string of the molecule is C[C@@H](CO)C[C@H](C)[C@@H](O[Si](C)(C)C(C)(C)C)[C@@H](C)/C=C\[C@H](C[C@H](O[Si](C)(C)C(C)(C)C)[C@H](C)/C=C/COS(=O)(=O)C(F)(F)F)O[Si](C)(C)C(C)(C)C. The van der Waals surface area contributed by atoms with Crippen LogP contribution in [0.1, 0.15) is 103 Å². The number of alkyl halides is 3. The molecular weight excluding hydrogens is 742 g/mol. The van der Waals surface area contributed by atoms with Gasteiger partial charge >= 0.3 is 15.6 Å². The number of halogens is 3. The maximum Gasteiger partial charge on any atom is 0.523 e. The van der Waals surface area contributed by atoms with Crippen molar-refractivity contribution in [3.63, 3.8) is 0 Å². The highest BCUT2D eigenvalue weighted by Crippen LogP contribution is 2.42. The lowest BCUT2D eigenvalue weighted by atomic mass is 9.86. The highest BCUT2D eigenvalue weighted by atomic mass is 32.2. The van der Waals surface area contributed by atoms with E-state index in [1.165, 1.54) is 6.08 Å². The molecule has 0 heterocycles. The van der Waals surface area contributed by atoms with Crippen molar-refractivity contribution in [1.29, 1.82) is 0 Å². The highest BCUT2D eigenvalue weighted by Gasteiger charge is 2.47. The molecule has 310 valence electrons. The van der Waals surface area contributed by atoms with Gasteiger partial charge in [-0.1, -0.05) is 114 Å². The lowest BCUT2D eigenvalue weighted by Gasteiger charge is -2.43. The Bertz CT molecular complexity index is 1250. The molecule has 0 aromatic heterocycles. The maximum atomic E-state index is 12.9. The minimum absolute atomic E-state index is 0.0188. The van der Waals surface area contributed by atoms with E-state index >= 15 is 0 Å². The smallest absolute Gasteiger partial charge is 0.413 e. The second-order valence-electron chi connectivity index (χ2n) is 19.6. The number of hydrogen-bond donors (Lipinski definition) is 1. The molecule has 0 spiro atoms. The van der Waals surface area contributed by atoms with E-state index in [0.29, 0.717) is 6.42 Å². The zero-order valence-electron chi connectivity index (χ0n) is 36.1. The van der Waals surface area contributed by atoms with E-state index < -0.39 is 47.2 Å². The number of rotatable bonds is 20. The summed E-state index contributed by atoms with van der Waals surface area (Å²) < 4.78 is 86.9. The second-order valence-corrected chi connectivity index (χ2v) is 35.5. The molecule has 0 radical (unpaired) electrons. The van der Waals surface area contributed by atoms with Crippen LogP contribution in [0, 0.1) is 23.7 Å². The average molecular weight is 819 g/mol. The lowest BCUT2D eigenvalue weighted by molar-refractivity contribution is -0.0535. The zero-order valence-corrected chi connectivity index (χ0v) is 39.9. The molecule has 0 aliphatic rings. The first-order valence-corrected chi connectivity index (χ1v) is 29.0. The summed E-state index contributed by atoms with van der Waals surface area (Å²) in [6, 6.07) is 0. The van der Waals surface area contributed by atoms with Crippen LogP contribution in [0.2, 0.25) is 54.4 Å². The van der Waals surface area contributed by atoms with Gasteiger partial charge in [0, 0.05) is 13.0 Å². The predicted octanol–water partition coefficient (Wildman–Crippen LogP) is 11.5. The van der Waals surface area contributed by atoms with Crippen molar-refractivity contribution in [3.8, 4) is 0 Å². The summed E-state index contributed by atoms with van der Waals surface area (Å²) in [6.45, 7) is 40.8. The quantitative estimate of drug-likeness (QED) is 0.0566. The van der Waals surface area contributed by atoms with E-state index in [0.717, 1.165) is 6.42 Å². The molecule has 0 saturated carbocycles. The third-order valence-electron chi connectivity index (χ3n) is 11.6. The van der Waals surface area contributed by atoms with Crippen molar-refractivity contribution in [1.82, 2.24) is 0 Å². The van der Waals surface area contributed by atoms with Gasteiger partial charge in [-0.05, 0) is 84.5 Å². The molecular formula is C38H77F3O7SSi3. The molecule has 0 amide bonds. The van der Waals surface area contributed by atoms with Gasteiger partial charge in [-0.2, -0.15) is 21.6 Å². The molecule has 0 unspecified atom stereocenters. The van der Waals surface area contributed by atoms with E-state index in [9.17, 15) is 26.7 Å². The van der Waals surface area contributed by atoms with Crippen LogP contribution in [0.4, 0.5) is 13.2 Å². The van der Waals surface area contributed by atoms with E-state index in [1.807, 2.05) is 6.92 Å². The molecule has 1 N–H and O–H groups in total. The van der Waals surface area contributed by atoms with Crippen molar-refractivity contribution in [2.24, 2.45) is 23.7 Å². The first kappa shape index (κ1) is 51.7. The first-order chi connectivity index (χ1) is 22.9. The number of aliphatic hydroxyl groups is 1. The maximum absolute atomic E-state index is 12.9. The minimum atomic E-state index is -5.70. The summed E-state index contributed by atoms with van der Waals surface area (Å²) in [5.74, 6) is 0.0784. The summed E-state index contributed by atoms with van der Waals surface area (Å²) in [7, 11) is -12.5. The fourth-order valence-corrected chi connectivity index (χ4v) is 9.55. The summed E-state index contributed by atoms with van der Waals surface area (Å²) in [4.78, 5) is 0. The van der Waals surface area contributed by atoms with Gasteiger partial charge in [0.15, 0.2) is 25.0 Å². The van der Waals surface area contributed by atoms with Gasteiger partial charge in [0.2, 0.25) is 0 Å². The Morgan fingerprint density at radius 3 is 1.52 bits per heavy atom. The van der Waals surface area contributed by atoms with Crippen LogP contribution in [-0.4, -0.2) is 75.5 Å². The third kappa shape index (κ3) is 16.0. The van der Waals surface area contributed by atoms with Crippen molar-refractivity contribution >= 4 is 35.1 Å². The normalized spacial score (nSPS) is 19.1. The Kier molecular flexibility index (Phi) is 19.1. The molecule has 14 heteroatoms. The highest BCUT2D eigenvalue weighted by molar-refractivity contribution is 7.87. The Morgan fingerprint density at radius 1 is 0.654 bits per heavy atom. The molecule has 52 heavy (non-hydrogen) atoms. The van der Waals surface area contributed by atoms with Crippen molar-refractivity contribution in [2.75, 3.05) is 13.2 Å². The molecule has 0 aliphatic carbocycles. The standard InChI is InChI=1S/C38H77F3O7SSi3/c1-28(27-42)25-31(4)34(48-52(18,19)37(11,12)13)30(3)22-23-32(46-50(14,15)35(5,6)7)26-33(47-51(16,17)36(8,9)10)29(2)21-20-24-45-49(43,44)38(39,40)41/h20-23,28-34,42H,24-27H2,1-19H3/b21-20+,23-22-/t28-,29-,30+,31+,32-,33+,34+/m1/s1. The summed E-state index contributed by atoms with van der Waals surface area (Å²) in [6.07, 6.45) is 7.86. The largest absolute Gasteiger partial charge is 0.523 e. The van der Waals surface area contributed by atoms with Gasteiger partial charge < -0.3 is 18.4 Å². The van der Waals surface area contributed by atoms with Crippen LogP contribution in [0.25, 0.3) is 0 Å². The van der Waals surface area contributed by atoms with Crippen LogP contribution in [0.5, 0.6) is 0 Å². The summed E-state index contributed by atoms with van der Waals surface area (Å²) >= 11 is 0. The monoisotopic (exact) mass is 818 g/mol. The molecule has 0 aromatic rings. The third-order valence-corrected chi connectivity index (χ3v) is 26.1. The molecule has 7 nitrogen and oxygen atoms in total. The van der Waals surface area contributed by atoms with Gasteiger partial charge in [-0.15, -0.1) is 0 Å². The van der Waals surface area contributed by atoms with Gasteiger partial charge in [0.25, 0.3) is 0 Å². The molecule has 7 atom stereocenters. The number of aliphatic hydroxyl groups excluding tert-OH is 1. The molecule has 0 bridgehead atoms. The lowest BCUT2D eigenvalue weighted by Crippen LogP contribution is -2.48. The number of hydrogen-bond acceptors (Lipinski definition) is 7. The first-order valence-electron chi connectivity index (χ1n) is 18.9. The average Bonchev–Trinajstić information content (AvgIpc) is 2.93. The molecule has 0 fully saturated rings. The van der Waals surface area contributed by atoms with Crippen LogP contribution < -0.4 is 0 Å². The Balaban J connectivity index is 6.96. The predicted molar refractivity (Wildman–Crippen MR) is 218 cm³/mol. The van der Waals surface area contributed by atoms with Crippen LogP contribution in [0.15, 0.2) is 24.3 Å². The Labute approximate surface area is 320 Å². The summed E-state index contributed by atoms with van der Waals surface area (Å²) in [5, 5.41) is 9.69. The molecule has 0 aromatic carbocycles. The van der Waals surface area contributed by atoms with Crippen molar-refractivity contribution in [3.05, 3.63) is 24.3 Å². The molecule has 0 aliphatic heterocycles. The fraction of sp³-hybridized carbons (Fsp3) is 0.895. The van der Waals surface area contributed by atoms with Crippen LogP contribution in [0.3, 0.4) is 0 Å². The minimum Gasteiger partial charge on any atom is -0.413 e. The van der Waals surface area contributed by atoms with Gasteiger partial charge in [0.1, 0.15) is 0 Å². The van der Waals surface area contributed by atoms with Gasteiger partial charge in [-0.25, -0.2) is 0 Å². The second kappa shape index (κ2) is 19.2. The topological polar surface area (TPSA) is 91.3 Å². The van der Waals surface area contributed by atoms with Crippen molar-refractivity contribution < 1.29 is 44.2 Å². The zero-order chi connectivity index (χ0) is 41.5. The fourth-order valence-electron chi connectivity index (χ4n) is 4.98. The molecule has 0 saturated heterocycles. The summed E-state index contributed by atoms with van der Waals surface area (Å²) in [5.41, 5.74) is -5.48.